The third-order valence-electron chi connectivity index (χ3n) is 19.9. The van der Waals surface area contributed by atoms with Gasteiger partial charge in [-0.25, -0.2) is 0 Å². The maximum absolute atomic E-state index is 12.5. The number of hydrogen-bond acceptors (Lipinski definition) is 5. The monoisotopic (exact) mass is 1240 g/mol. The molecule has 1 amide bonds. The molecule has 2 unspecified atom stereocenters. The molecule has 0 fully saturated rings. The minimum atomic E-state index is -0.659. The molecular weight excluding hydrogens is 1080 g/mol. The molecule has 0 aliphatic heterocycles. The van der Waals surface area contributed by atoms with Crippen molar-refractivity contribution in [1.29, 1.82) is 0 Å². The zero-order valence-electron chi connectivity index (χ0n) is 60.5. The minimum Gasteiger partial charge on any atom is -0.466 e. The first kappa shape index (κ1) is 86.9. The summed E-state index contributed by atoms with van der Waals surface area (Å²) in [6.45, 7) is 5.02. The van der Waals surface area contributed by atoms with Gasteiger partial charge in [0.1, 0.15) is 0 Å². The summed E-state index contributed by atoms with van der Waals surface area (Å²) in [5.41, 5.74) is 0. The van der Waals surface area contributed by atoms with Crippen LogP contribution in [0.4, 0.5) is 0 Å². The zero-order chi connectivity index (χ0) is 63.5. The number of aliphatic hydroxyl groups is 2. The Morgan fingerprint density at radius 2 is 0.466 bits per heavy atom. The van der Waals surface area contributed by atoms with Crippen molar-refractivity contribution in [3.05, 3.63) is 0 Å². The number of hydrogen-bond donors (Lipinski definition) is 3. The van der Waals surface area contributed by atoms with E-state index in [9.17, 15) is 19.8 Å². The van der Waals surface area contributed by atoms with E-state index in [1.807, 2.05) is 0 Å². The maximum Gasteiger partial charge on any atom is 0.305 e. The molecule has 0 spiro atoms. The number of esters is 1. The molecule has 0 saturated carbocycles. The number of carbonyl (C=O) groups is 2. The summed E-state index contributed by atoms with van der Waals surface area (Å²) < 4.78 is 5.52. The minimum absolute atomic E-state index is 0.0240. The van der Waals surface area contributed by atoms with Crippen molar-refractivity contribution in [2.45, 2.75) is 501 Å². The van der Waals surface area contributed by atoms with E-state index in [-0.39, 0.29) is 18.5 Å². The number of nitrogens with one attached hydrogen (secondary N) is 1. The van der Waals surface area contributed by atoms with Crippen LogP contribution in [0.5, 0.6) is 0 Å². The lowest BCUT2D eigenvalue weighted by Crippen LogP contribution is -2.45. The van der Waals surface area contributed by atoms with Crippen molar-refractivity contribution in [3.63, 3.8) is 0 Å². The van der Waals surface area contributed by atoms with E-state index in [1.54, 1.807) is 0 Å². The van der Waals surface area contributed by atoms with Crippen molar-refractivity contribution in [1.82, 2.24) is 5.32 Å². The van der Waals surface area contributed by atoms with Crippen molar-refractivity contribution in [3.8, 4) is 0 Å². The summed E-state index contributed by atoms with van der Waals surface area (Å²) in [7, 11) is 0. The molecule has 0 aliphatic rings. The lowest BCUT2D eigenvalue weighted by Gasteiger charge is -2.22. The number of ether oxygens (including phenoxy) is 1. The van der Waals surface area contributed by atoms with Gasteiger partial charge in [0.05, 0.1) is 25.4 Å². The largest absolute Gasteiger partial charge is 0.466 e. The summed E-state index contributed by atoms with van der Waals surface area (Å²) in [6.07, 6.45) is 98.0. The Balaban J connectivity index is 3.27. The zero-order valence-corrected chi connectivity index (χ0v) is 60.5. The first-order valence-corrected chi connectivity index (χ1v) is 41.3. The van der Waals surface area contributed by atoms with E-state index >= 15 is 0 Å². The third-order valence-corrected chi connectivity index (χ3v) is 19.9. The third kappa shape index (κ3) is 73.9. The Morgan fingerprint density at radius 1 is 0.273 bits per heavy atom. The highest BCUT2D eigenvalue weighted by molar-refractivity contribution is 5.76. The van der Waals surface area contributed by atoms with Crippen molar-refractivity contribution < 1.29 is 24.5 Å². The van der Waals surface area contributed by atoms with Gasteiger partial charge in [0.2, 0.25) is 5.91 Å². The van der Waals surface area contributed by atoms with Crippen LogP contribution in [0.2, 0.25) is 0 Å². The fraction of sp³-hybridized carbons (Fsp3) is 0.976. The van der Waals surface area contributed by atoms with Gasteiger partial charge in [-0.1, -0.05) is 450 Å². The summed E-state index contributed by atoms with van der Waals surface area (Å²) >= 11 is 0. The summed E-state index contributed by atoms with van der Waals surface area (Å²) in [5.74, 6) is 0.00493. The van der Waals surface area contributed by atoms with E-state index in [4.69, 9.17) is 4.74 Å². The van der Waals surface area contributed by atoms with E-state index in [1.165, 1.54) is 417 Å². The Labute approximate surface area is 553 Å². The highest BCUT2D eigenvalue weighted by atomic mass is 16.5. The molecule has 2 atom stereocenters. The number of amides is 1. The molecule has 0 saturated heterocycles. The van der Waals surface area contributed by atoms with Gasteiger partial charge in [-0.3, -0.25) is 9.59 Å². The molecule has 0 aromatic carbocycles. The van der Waals surface area contributed by atoms with E-state index in [0.29, 0.717) is 25.9 Å². The predicted octanol–water partition coefficient (Wildman–Crippen LogP) is 27.3. The summed E-state index contributed by atoms with van der Waals surface area (Å²) in [4.78, 5) is 24.6. The summed E-state index contributed by atoms with van der Waals surface area (Å²) in [6, 6.07) is -0.536. The molecule has 88 heavy (non-hydrogen) atoms. The molecule has 0 heterocycles. The Kier molecular flexibility index (Phi) is 77.3. The average molecular weight is 1240 g/mol. The quantitative estimate of drug-likeness (QED) is 0.0417. The summed E-state index contributed by atoms with van der Waals surface area (Å²) in [5, 5.41) is 23.4. The molecule has 526 valence electrons. The number of unbranched alkanes of at least 4 members (excludes halogenated alkanes) is 68. The Morgan fingerprint density at radius 3 is 0.693 bits per heavy atom. The average Bonchev–Trinajstić information content (AvgIpc) is 3.58. The van der Waals surface area contributed by atoms with E-state index < -0.39 is 12.1 Å². The van der Waals surface area contributed by atoms with Crippen LogP contribution in [-0.4, -0.2) is 47.4 Å². The first-order chi connectivity index (χ1) is 43.5. The highest BCUT2D eigenvalue weighted by Crippen LogP contribution is 2.21. The van der Waals surface area contributed by atoms with Gasteiger partial charge in [-0.2, -0.15) is 0 Å². The Bertz CT molecular complexity index is 1290. The standard InChI is InChI=1S/C82H163NO5/c1-3-5-7-9-11-13-15-17-19-46-50-54-58-62-66-70-74-80(85)79(78-84)83-81(86)75-71-67-63-59-55-51-47-44-42-40-38-36-34-32-30-28-26-24-22-21-23-25-27-29-31-33-35-37-39-41-43-45-49-53-57-61-65-69-73-77-88-82(87)76-72-68-64-60-56-52-48-20-18-16-14-12-10-8-6-4-2/h79-80,84-85H,3-78H2,1-2H3,(H,83,86). The highest BCUT2D eigenvalue weighted by Gasteiger charge is 2.20. The van der Waals surface area contributed by atoms with Crippen molar-refractivity contribution in [2.24, 2.45) is 0 Å². The van der Waals surface area contributed by atoms with Crippen LogP contribution < -0.4 is 5.32 Å². The van der Waals surface area contributed by atoms with Crippen LogP contribution >= 0.6 is 0 Å². The lowest BCUT2D eigenvalue weighted by atomic mass is 10.0. The molecule has 0 radical (unpaired) electrons. The van der Waals surface area contributed by atoms with Crippen LogP contribution in [0.3, 0.4) is 0 Å². The SMILES string of the molecule is CCCCCCCCCCCCCCCCCCC(=O)OCCCCCCCCCCCCCCCCCCCCCCCCCCCCCCCCCCCCCCCCCC(=O)NC(CO)C(O)CCCCCCCCCCCCCCCCCC. The van der Waals surface area contributed by atoms with Gasteiger partial charge in [0, 0.05) is 12.8 Å². The molecule has 0 aromatic heterocycles. The second-order valence-electron chi connectivity index (χ2n) is 28.8. The van der Waals surface area contributed by atoms with Gasteiger partial charge in [0.15, 0.2) is 0 Å². The van der Waals surface area contributed by atoms with E-state index in [2.05, 4.69) is 19.2 Å². The molecule has 6 heteroatoms. The van der Waals surface area contributed by atoms with Gasteiger partial charge >= 0.3 is 5.97 Å². The second-order valence-corrected chi connectivity index (χ2v) is 28.8. The van der Waals surface area contributed by atoms with Gasteiger partial charge in [-0.15, -0.1) is 0 Å². The molecule has 0 aliphatic carbocycles. The second kappa shape index (κ2) is 78.3. The van der Waals surface area contributed by atoms with Gasteiger partial charge in [0.25, 0.3) is 0 Å². The van der Waals surface area contributed by atoms with Crippen LogP contribution in [0.25, 0.3) is 0 Å². The normalized spacial score (nSPS) is 12.4. The fourth-order valence-electron chi connectivity index (χ4n) is 13.6. The number of aliphatic hydroxyl groups excluding tert-OH is 2. The van der Waals surface area contributed by atoms with E-state index in [0.717, 1.165) is 38.5 Å². The van der Waals surface area contributed by atoms with Crippen LogP contribution in [-0.2, 0) is 14.3 Å². The van der Waals surface area contributed by atoms with Gasteiger partial charge in [-0.05, 0) is 25.7 Å². The molecule has 0 bridgehead atoms. The first-order valence-electron chi connectivity index (χ1n) is 41.3. The topological polar surface area (TPSA) is 95.9 Å². The van der Waals surface area contributed by atoms with Crippen LogP contribution in [0, 0.1) is 0 Å². The molecule has 0 rings (SSSR count). The molecule has 3 N–H and O–H groups in total. The number of carbonyl (C=O) groups excluding carboxylic acids is 2. The fourth-order valence-corrected chi connectivity index (χ4v) is 13.6. The number of rotatable bonds is 79. The van der Waals surface area contributed by atoms with Crippen molar-refractivity contribution in [2.75, 3.05) is 13.2 Å². The van der Waals surface area contributed by atoms with Crippen LogP contribution in [0.1, 0.15) is 489 Å². The van der Waals surface area contributed by atoms with Crippen molar-refractivity contribution >= 4 is 11.9 Å². The smallest absolute Gasteiger partial charge is 0.305 e. The lowest BCUT2D eigenvalue weighted by molar-refractivity contribution is -0.143. The Hall–Kier alpha value is -1.14. The van der Waals surface area contributed by atoms with Gasteiger partial charge < -0.3 is 20.3 Å². The van der Waals surface area contributed by atoms with Crippen LogP contribution in [0.15, 0.2) is 0 Å². The maximum atomic E-state index is 12.5. The molecular formula is C82H163NO5. The molecule has 0 aromatic rings. The molecule has 6 nitrogen and oxygen atoms in total. The predicted molar refractivity (Wildman–Crippen MR) is 389 cm³/mol.